The fourth-order valence-corrected chi connectivity index (χ4v) is 0.924. The number of rotatable bonds is 6. The van der Waals surface area contributed by atoms with E-state index in [0.717, 1.165) is 19.3 Å². The van der Waals surface area contributed by atoms with Gasteiger partial charge in [-0.3, -0.25) is 0 Å². The fraction of sp³-hybridized carbons (Fsp3) is 0.875. The molecule has 0 bridgehead atoms. The highest BCUT2D eigenvalue weighted by Crippen LogP contribution is 2.05. The quantitative estimate of drug-likeness (QED) is 0.558. The predicted molar refractivity (Wildman–Crippen MR) is 39.8 cm³/mol. The first-order chi connectivity index (χ1) is 5.16. The van der Waals surface area contributed by atoms with Gasteiger partial charge < -0.3 is 15.0 Å². The fourth-order valence-electron chi connectivity index (χ4n) is 0.924. The lowest BCUT2D eigenvalue weighted by Crippen LogP contribution is -2.27. The van der Waals surface area contributed by atoms with Gasteiger partial charge in [0.05, 0.1) is 6.10 Å². The molecule has 11 heavy (non-hydrogen) atoms. The normalized spacial score (nSPS) is 12.9. The molecule has 0 amide bonds. The molecule has 0 aliphatic carbocycles. The molecule has 3 heteroatoms. The number of aliphatic hydroxyl groups excluding tert-OH is 1. The summed E-state index contributed by atoms with van der Waals surface area (Å²) in [5.74, 6) is -1.17. The van der Waals surface area contributed by atoms with Crippen molar-refractivity contribution in [1.82, 2.24) is 0 Å². The van der Waals surface area contributed by atoms with Crippen LogP contribution in [0.1, 0.15) is 39.0 Å². The predicted octanol–water partition coefficient (Wildman–Crippen LogP) is 0.0676. The van der Waals surface area contributed by atoms with Crippen LogP contribution in [0.5, 0.6) is 0 Å². The maximum Gasteiger partial charge on any atom is 0.0592 e. The van der Waals surface area contributed by atoms with Gasteiger partial charge in [0.25, 0.3) is 0 Å². The molecule has 0 aromatic heterocycles. The summed E-state index contributed by atoms with van der Waals surface area (Å²) in [5, 5.41) is 19.0. The Kier molecular flexibility index (Phi) is 5.84. The summed E-state index contributed by atoms with van der Waals surface area (Å²) < 4.78 is 0. The molecule has 0 heterocycles. The maximum absolute atomic E-state index is 9.97. The highest BCUT2D eigenvalue weighted by atomic mass is 16.4. The zero-order chi connectivity index (χ0) is 8.69. The van der Waals surface area contributed by atoms with E-state index in [-0.39, 0.29) is 6.42 Å². The number of carboxylic acid groups (broad SMARTS) is 1. The molecule has 0 radical (unpaired) electrons. The topological polar surface area (TPSA) is 60.4 Å². The van der Waals surface area contributed by atoms with Gasteiger partial charge in [-0.2, -0.15) is 0 Å². The number of unbranched alkanes of at least 4 members (excludes halogenated alkanes) is 2. The van der Waals surface area contributed by atoms with E-state index in [2.05, 4.69) is 6.92 Å². The molecule has 0 fully saturated rings. The summed E-state index contributed by atoms with van der Waals surface area (Å²) in [7, 11) is 0. The molecular formula is C8H15O3-. The lowest BCUT2D eigenvalue weighted by molar-refractivity contribution is -0.307. The molecule has 3 nitrogen and oxygen atoms in total. The second kappa shape index (κ2) is 6.16. The van der Waals surface area contributed by atoms with Gasteiger partial charge in [-0.05, 0) is 6.42 Å². The number of hydrogen-bond donors (Lipinski definition) is 1. The van der Waals surface area contributed by atoms with Crippen LogP contribution in [0.25, 0.3) is 0 Å². The first kappa shape index (κ1) is 10.4. The van der Waals surface area contributed by atoms with Crippen LogP contribution < -0.4 is 5.11 Å². The van der Waals surface area contributed by atoms with E-state index in [1.54, 1.807) is 0 Å². The van der Waals surface area contributed by atoms with Crippen molar-refractivity contribution in [3.8, 4) is 0 Å². The van der Waals surface area contributed by atoms with Crippen LogP contribution in [-0.4, -0.2) is 17.2 Å². The number of hydrogen-bond acceptors (Lipinski definition) is 3. The van der Waals surface area contributed by atoms with E-state index in [4.69, 9.17) is 5.11 Å². The summed E-state index contributed by atoms with van der Waals surface area (Å²) in [6.07, 6.45) is 2.64. The number of carbonyl (C=O) groups excluding carboxylic acids is 1. The van der Waals surface area contributed by atoms with E-state index in [0.29, 0.717) is 6.42 Å². The van der Waals surface area contributed by atoms with Crippen LogP contribution in [0.4, 0.5) is 0 Å². The Bertz CT molecular complexity index is 112. The van der Waals surface area contributed by atoms with Crippen LogP contribution in [0.2, 0.25) is 0 Å². The smallest absolute Gasteiger partial charge is 0.0592 e. The summed E-state index contributed by atoms with van der Waals surface area (Å²) in [4.78, 5) is 9.97. The lowest BCUT2D eigenvalue weighted by Gasteiger charge is -2.09. The maximum atomic E-state index is 9.97. The third-order valence-electron chi connectivity index (χ3n) is 1.54. The second-order valence-corrected chi connectivity index (χ2v) is 2.73. The van der Waals surface area contributed by atoms with Crippen LogP contribution in [0.3, 0.4) is 0 Å². The van der Waals surface area contributed by atoms with Crippen molar-refractivity contribution in [2.24, 2.45) is 0 Å². The molecule has 66 valence electrons. The number of aliphatic hydroxyl groups is 1. The van der Waals surface area contributed by atoms with Crippen LogP contribution in [-0.2, 0) is 4.79 Å². The molecule has 0 aromatic rings. The first-order valence-electron chi connectivity index (χ1n) is 4.04. The van der Waals surface area contributed by atoms with Gasteiger partial charge in [0, 0.05) is 12.4 Å². The van der Waals surface area contributed by atoms with Crippen molar-refractivity contribution in [2.75, 3.05) is 0 Å². The second-order valence-electron chi connectivity index (χ2n) is 2.73. The summed E-state index contributed by atoms with van der Waals surface area (Å²) in [6, 6.07) is 0. The van der Waals surface area contributed by atoms with Crippen molar-refractivity contribution in [1.29, 1.82) is 0 Å². The minimum Gasteiger partial charge on any atom is -0.550 e. The number of carbonyl (C=O) groups is 1. The number of carboxylic acids is 1. The Labute approximate surface area is 67.0 Å². The van der Waals surface area contributed by atoms with Crippen LogP contribution in [0, 0.1) is 0 Å². The lowest BCUT2D eigenvalue weighted by atomic mass is 10.1. The SMILES string of the molecule is CCCCC[C@@H](O)CC(=O)[O-]. The van der Waals surface area contributed by atoms with Gasteiger partial charge in [0.2, 0.25) is 0 Å². The van der Waals surface area contributed by atoms with Gasteiger partial charge in [-0.1, -0.05) is 26.2 Å². The molecule has 0 unspecified atom stereocenters. The third-order valence-corrected chi connectivity index (χ3v) is 1.54. The van der Waals surface area contributed by atoms with E-state index < -0.39 is 12.1 Å². The molecule has 1 atom stereocenters. The minimum atomic E-state index is -1.17. The Hall–Kier alpha value is -0.570. The van der Waals surface area contributed by atoms with Gasteiger partial charge in [0.1, 0.15) is 0 Å². The molecule has 1 N–H and O–H groups in total. The Morgan fingerprint density at radius 1 is 1.55 bits per heavy atom. The Morgan fingerprint density at radius 2 is 2.18 bits per heavy atom. The van der Waals surface area contributed by atoms with Crippen molar-refractivity contribution in [2.45, 2.75) is 45.1 Å². The largest absolute Gasteiger partial charge is 0.550 e. The van der Waals surface area contributed by atoms with E-state index in [9.17, 15) is 9.90 Å². The highest BCUT2D eigenvalue weighted by Gasteiger charge is 2.02. The Balaban J connectivity index is 3.22. The zero-order valence-electron chi connectivity index (χ0n) is 6.88. The molecule has 0 spiro atoms. The monoisotopic (exact) mass is 159 g/mol. The van der Waals surface area contributed by atoms with Gasteiger partial charge in [-0.15, -0.1) is 0 Å². The van der Waals surface area contributed by atoms with E-state index >= 15 is 0 Å². The summed E-state index contributed by atoms with van der Waals surface area (Å²) in [6.45, 7) is 2.06. The molecule has 0 aliphatic heterocycles. The van der Waals surface area contributed by atoms with Crippen LogP contribution in [0.15, 0.2) is 0 Å². The standard InChI is InChI=1S/C8H16O3/c1-2-3-4-5-7(9)6-8(10)11/h7,9H,2-6H2,1H3,(H,10,11)/p-1/t7-/m1/s1. The molecule has 0 aliphatic rings. The van der Waals surface area contributed by atoms with Crippen molar-refractivity contribution >= 4 is 5.97 Å². The van der Waals surface area contributed by atoms with Crippen molar-refractivity contribution < 1.29 is 15.0 Å². The number of aliphatic carboxylic acids is 1. The molecule has 0 rings (SSSR count). The molecule has 0 aromatic carbocycles. The summed E-state index contributed by atoms with van der Waals surface area (Å²) in [5.41, 5.74) is 0. The minimum absolute atomic E-state index is 0.232. The van der Waals surface area contributed by atoms with Gasteiger partial charge >= 0.3 is 0 Å². The molecule has 0 saturated heterocycles. The van der Waals surface area contributed by atoms with Gasteiger partial charge in [0.15, 0.2) is 0 Å². The van der Waals surface area contributed by atoms with Crippen LogP contribution >= 0.6 is 0 Å². The van der Waals surface area contributed by atoms with Crippen molar-refractivity contribution in [3.05, 3.63) is 0 Å². The Morgan fingerprint density at radius 3 is 2.64 bits per heavy atom. The molecule has 0 saturated carbocycles. The summed E-state index contributed by atoms with van der Waals surface area (Å²) >= 11 is 0. The zero-order valence-corrected chi connectivity index (χ0v) is 6.88. The van der Waals surface area contributed by atoms with E-state index in [1.165, 1.54) is 0 Å². The van der Waals surface area contributed by atoms with Gasteiger partial charge in [-0.25, -0.2) is 0 Å². The molecular weight excluding hydrogens is 144 g/mol. The first-order valence-corrected chi connectivity index (χ1v) is 4.04. The third kappa shape index (κ3) is 7.33. The van der Waals surface area contributed by atoms with E-state index in [1.807, 2.05) is 0 Å². The van der Waals surface area contributed by atoms with Crippen molar-refractivity contribution in [3.63, 3.8) is 0 Å². The average Bonchev–Trinajstić information content (AvgIpc) is 1.86. The highest BCUT2D eigenvalue weighted by molar-refractivity contribution is 5.64. The average molecular weight is 159 g/mol.